The van der Waals surface area contributed by atoms with E-state index in [-0.39, 0.29) is 18.7 Å². The number of hydrogen-bond acceptors (Lipinski definition) is 8. The maximum atomic E-state index is 9.88. The number of ether oxygens (including phenoxy) is 1. The second-order valence-corrected chi connectivity index (χ2v) is 9.18. The predicted molar refractivity (Wildman–Crippen MR) is 131 cm³/mol. The second-order valence-electron chi connectivity index (χ2n) is 9.18. The molecule has 34 heavy (non-hydrogen) atoms. The molecule has 1 aromatic carbocycles. The van der Waals surface area contributed by atoms with Gasteiger partial charge in [-0.2, -0.15) is 9.61 Å². The zero-order valence-corrected chi connectivity index (χ0v) is 19.3. The van der Waals surface area contributed by atoms with Gasteiger partial charge in [0.05, 0.1) is 42.0 Å². The Kier molecular flexibility index (Phi) is 5.50. The molecular weight excluding hydrogens is 430 g/mol. The first-order chi connectivity index (χ1) is 16.7. The molecule has 3 aromatic heterocycles. The standard InChI is InChI=1S/C25H29N7O2/c1-16-25(28-20-9-3-2-8-19(20)26-16)21-12-23-29-22(31-10-4-7-18(31)14-33)13-24(32(23)30-21)27-17-6-5-11-34-15-17/h2-3,8-9,12-13,17-18,27,33H,4-7,10-11,14-15H2,1H3/t17-,18-/m0/s1. The van der Waals surface area contributed by atoms with Crippen LogP contribution in [-0.2, 0) is 4.74 Å². The molecule has 0 aliphatic carbocycles. The molecule has 2 aliphatic heterocycles. The summed E-state index contributed by atoms with van der Waals surface area (Å²) in [6.45, 7) is 4.46. The smallest absolute Gasteiger partial charge is 0.160 e. The summed E-state index contributed by atoms with van der Waals surface area (Å²) in [5, 5.41) is 18.4. The fourth-order valence-electron chi connectivity index (χ4n) is 5.05. The zero-order chi connectivity index (χ0) is 23.1. The van der Waals surface area contributed by atoms with E-state index < -0.39 is 0 Å². The van der Waals surface area contributed by atoms with Gasteiger partial charge in [0.25, 0.3) is 0 Å². The van der Waals surface area contributed by atoms with Crippen LogP contribution < -0.4 is 10.2 Å². The van der Waals surface area contributed by atoms with Crippen molar-refractivity contribution in [1.29, 1.82) is 0 Å². The Morgan fingerprint density at radius 1 is 1.09 bits per heavy atom. The highest BCUT2D eigenvalue weighted by molar-refractivity contribution is 5.78. The highest BCUT2D eigenvalue weighted by atomic mass is 16.5. The maximum absolute atomic E-state index is 9.88. The van der Waals surface area contributed by atoms with E-state index in [1.165, 1.54) is 0 Å². The number of aliphatic hydroxyl groups excluding tert-OH is 1. The molecule has 4 aromatic rings. The van der Waals surface area contributed by atoms with Gasteiger partial charge < -0.3 is 20.1 Å². The average Bonchev–Trinajstić information content (AvgIpc) is 3.51. The number of aromatic nitrogens is 5. The Hall–Kier alpha value is -3.30. The van der Waals surface area contributed by atoms with Crippen molar-refractivity contribution in [3.63, 3.8) is 0 Å². The average molecular weight is 460 g/mol. The molecule has 2 fully saturated rings. The maximum Gasteiger partial charge on any atom is 0.160 e. The lowest BCUT2D eigenvalue weighted by atomic mass is 10.1. The lowest BCUT2D eigenvalue weighted by molar-refractivity contribution is 0.0874. The van der Waals surface area contributed by atoms with E-state index in [4.69, 9.17) is 24.8 Å². The second kappa shape index (κ2) is 8.81. The van der Waals surface area contributed by atoms with Crippen LogP contribution in [0.3, 0.4) is 0 Å². The number of fused-ring (bicyclic) bond motifs is 2. The molecule has 2 N–H and O–H groups in total. The zero-order valence-electron chi connectivity index (χ0n) is 19.3. The largest absolute Gasteiger partial charge is 0.394 e. The van der Waals surface area contributed by atoms with Gasteiger partial charge in [-0.3, -0.25) is 0 Å². The molecular formula is C25H29N7O2. The minimum atomic E-state index is 0.0943. The topological polar surface area (TPSA) is 101 Å². The number of benzene rings is 1. The van der Waals surface area contributed by atoms with Crippen LogP contribution in [0.5, 0.6) is 0 Å². The molecule has 9 heteroatoms. The third-order valence-electron chi connectivity index (χ3n) is 6.80. The molecule has 2 saturated heterocycles. The quantitative estimate of drug-likeness (QED) is 0.469. The van der Waals surface area contributed by atoms with Gasteiger partial charge in [0.15, 0.2) is 5.65 Å². The van der Waals surface area contributed by atoms with Crippen molar-refractivity contribution < 1.29 is 9.84 Å². The molecule has 0 saturated carbocycles. The van der Waals surface area contributed by atoms with Crippen LogP contribution in [0, 0.1) is 6.92 Å². The van der Waals surface area contributed by atoms with Crippen molar-refractivity contribution in [2.24, 2.45) is 0 Å². The van der Waals surface area contributed by atoms with Crippen molar-refractivity contribution >= 4 is 28.3 Å². The number of aliphatic hydroxyl groups is 1. The third kappa shape index (κ3) is 3.84. The summed E-state index contributed by atoms with van der Waals surface area (Å²) in [5.74, 6) is 1.73. The Balaban J connectivity index is 1.46. The first-order valence-corrected chi connectivity index (χ1v) is 12.1. The minimum Gasteiger partial charge on any atom is -0.394 e. The van der Waals surface area contributed by atoms with Crippen LogP contribution in [0.25, 0.3) is 28.1 Å². The van der Waals surface area contributed by atoms with Gasteiger partial charge in [0.1, 0.15) is 23.0 Å². The normalized spacial score (nSPS) is 20.9. The van der Waals surface area contributed by atoms with E-state index in [0.29, 0.717) is 6.61 Å². The molecule has 2 aliphatic rings. The van der Waals surface area contributed by atoms with E-state index in [2.05, 4.69) is 10.2 Å². The summed E-state index contributed by atoms with van der Waals surface area (Å²) in [7, 11) is 0. The lowest BCUT2D eigenvalue weighted by Crippen LogP contribution is -2.34. The van der Waals surface area contributed by atoms with E-state index in [1.807, 2.05) is 47.8 Å². The van der Waals surface area contributed by atoms with Crippen LogP contribution in [0.4, 0.5) is 11.6 Å². The Morgan fingerprint density at radius 2 is 1.94 bits per heavy atom. The lowest BCUT2D eigenvalue weighted by Gasteiger charge is -2.27. The molecule has 0 spiro atoms. The van der Waals surface area contributed by atoms with E-state index in [1.54, 1.807) is 0 Å². The molecule has 6 rings (SSSR count). The highest BCUT2D eigenvalue weighted by Crippen LogP contribution is 2.30. The first-order valence-electron chi connectivity index (χ1n) is 12.1. The first kappa shape index (κ1) is 21.2. The molecule has 0 bridgehead atoms. The Labute approximate surface area is 197 Å². The van der Waals surface area contributed by atoms with Crippen LogP contribution in [-0.4, -0.2) is 68.1 Å². The van der Waals surface area contributed by atoms with Crippen LogP contribution >= 0.6 is 0 Å². The van der Waals surface area contributed by atoms with Crippen LogP contribution in [0.1, 0.15) is 31.4 Å². The number of rotatable bonds is 5. The highest BCUT2D eigenvalue weighted by Gasteiger charge is 2.27. The van der Waals surface area contributed by atoms with Gasteiger partial charge in [0, 0.05) is 25.3 Å². The number of nitrogens with zero attached hydrogens (tertiary/aromatic N) is 6. The molecule has 2 atom stereocenters. The van der Waals surface area contributed by atoms with E-state index in [0.717, 1.165) is 84.2 Å². The third-order valence-corrected chi connectivity index (χ3v) is 6.80. The molecule has 0 amide bonds. The number of anilines is 2. The summed E-state index contributed by atoms with van der Waals surface area (Å²) in [6, 6.07) is 12.2. The minimum absolute atomic E-state index is 0.0943. The van der Waals surface area contributed by atoms with Crippen molar-refractivity contribution in [2.45, 2.75) is 44.7 Å². The van der Waals surface area contributed by atoms with Crippen molar-refractivity contribution in [1.82, 2.24) is 24.6 Å². The number of nitrogens with one attached hydrogen (secondary N) is 1. The molecule has 5 heterocycles. The van der Waals surface area contributed by atoms with Gasteiger partial charge in [-0.15, -0.1) is 0 Å². The summed E-state index contributed by atoms with van der Waals surface area (Å²) >= 11 is 0. The number of aryl methyl sites for hydroxylation is 1. The predicted octanol–water partition coefficient (Wildman–Crippen LogP) is 3.20. The molecule has 0 radical (unpaired) electrons. The Bertz CT molecular complexity index is 1330. The fourth-order valence-corrected chi connectivity index (χ4v) is 5.05. The monoisotopic (exact) mass is 459 g/mol. The van der Waals surface area contributed by atoms with Crippen molar-refractivity contribution in [3.8, 4) is 11.4 Å². The molecule has 0 unspecified atom stereocenters. The summed E-state index contributed by atoms with van der Waals surface area (Å²) < 4.78 is 7.55. The Morgan fingerprint density at radius 3 is 2.74 bits per heavy atom. The van der Waals surface area contributed by atoms with E-state index in [9.17, 15) is 5.11 Å². The molecule has 176 valence electrons. The van der Waals surface area contributed by atoms with Gasteiger partial charge in [-0.25, -0.2) is 15.0 Å². The van der Waals surface area contributed by atoms with Gasteiger partial charge in [0.2, 0.25) is 0 Å². The SMILES string of the molecule is Cc1nc2ccccc2nc1-c1cc2nc(N3CCC[C@H]3CO)cc(N[C@H]3CCCOC3)n2n1. The van der Waals surface area contributed by atoms with Gasteiger partial charge in [-0.1, -0.05) is 12.1 Å². The van der Waals surface area contributed by atoms with Gasteiger partial charge >= 0.3 is 0 Å². The van der Waals surface area contributed by atoms with Crippen molar-refractivity contribution in [2.75, 3.05) is 36.6 Å². The number of para-hydroxylation sites is 2. The van der Waals surface area contributed by atoms with Crippen LogP contribution in [0.15, 0.2) is 36.4 Å². The molecule has 9 nitrogen and oxygen atoms in total. The van der Waals surface area contributed by atoms with Gasteiger partial charge in [-0.05, 0) is 44.7 Å². The summed E-state index contributed by atoms with van der Waals surface area (Å²) in [5.41, 5.74) is 4.78. The summed E-state index contributed by atoms with van der Waals surface area (Å²) in [4.78, 5) is 16.7. The fraction of sp³-hybridized carbons (Fsp3) is 0.440. The van der Waals surface area contributed by atoms with Crippen LogP contribution in [0.2, 0.25) is 0 Å². The van der Waals surface area contributed by atoms with E-state index >= 15 is 0 Å². The summed E-state index contributed by atoms with van der Waals surface area (Å²) in [6.07, 6.45) is 4.10. The van der Waals surface area contributed by atoms with Crippen molar-refractivity contribution in [3.05, 3.63) is 42.1 Å². The number of hydrogen-bond donors (Lipinski definition) is 2.